The number of ether oxygens (including phenoxy) is 1. The van der Waals surface area contributed by atoms with Crippen molar-refractivity contribution in [1.82, 2.24) is 5.32 Å². The van der Waals surface area contributed by atoms with Crippen molar-refractivity contribution in [2.45, 2.75) is 52.4 Å². The Bertz CT molecular complexity index is 308. The molecule has 0 aromatic heterocycles. The van der Waals surface area contributed by atoms with Crippen molar-refractivity contribution in [3.63, 3.8) is 0 Å². The van der Waals surface area contributed by atoms with Gasteiger partial charge in [0.1, 0.15) is 5.75 Å². The molecule has 0 atom stereocenters. The molecular weight excluding hydrogens is 234 g/mol. The lowest BCUT2D eigenvalue weighted by molar-refractivity contribution is 0.306. The van der Waals surface area contributed by atoms with Crippen molar-refractivity contribution in [1.29, 1.82) is 0 Å². The first-order chi connectivity index (χ1) is 9.36. The van der Waals surface area contributed by atoms with Gasteiger partial charge in [0.15, 0.2) is 0 Å². The molecule has 0 saturated carbocycles. The van der Waals surface area contributed by atoms with E-state index in [1.54, 1.807) is 0 Å². The van der Waals surface area contributed by atoms with Crippen molar-refractivity contribution in [3.8, 4) is 5.75 Å². The SMILES string of the molecule is CCCCc1ccc(OCCCCNCCC)cc1. The molecule has 19 heavy (non-hydrogen) atoms. The number of aryl methyl sites for hydroxylation is 1. The first-order valence-corrected chi connectivity index (χ1v) is 7.79. The molecule has 0 bridgehead atoms. The summed E-state index contributed by atoms with van der Waals surface area (Å²) in [5.74, 6) is 1.00. The summed E-state index contributed by atoms with van der Waals surface area (Å²) in [6.07, 6.45) is 7.22. The van der Waals surface area contributed by atoms with E-state index in [4.69, 9.17) is 4.74 Å². The van der Waals surface area contributed by atoms with Crippen LogP contribution in [0.4, 0.5) is 0 Å². The minimum atomic E-state index is 0.822. The van der Waals surface area contributed by atoms with Gasteiger partial charge in [-0.15, -0.1) is 0 Å². The summed E-state index contributed by atoms with van der Waals surface area (Å²) in [7, 11) is 0. The average molecular weight is 263 g/mol. The highest BCUT2D eigenvalue weighted by Gasteiger charge is 1.96. The van der Waals surface area contributed by atoms with E-state index in [9.17, 15) is 0 Å². The molecule has 0 heterocycles. The molecule has 0 amide bonds. The molecule has 0 spiro atoms. The Hall–Kier alpha value is -1.02. The zero-order valence-corrected chi connectivity index (χ0v) is 12.6. The standard InChI is InChI=1S/C17H29NO/c1-3-5-8-16-9-11-17(12-10-16)19-15-7-6-14-18-13-4-2/h9-12,18H,3-8,13-15H2,1-2H3. The number of benzene rings is 1. The van der Waals surface area contributed by atoms with Gasteiger partial charge in [0.05, 0.1) is 6.61 Å². The van der Waals surface area contributed by atoms with E-state index in [1.807, 2.05) is 0 Å². The Balaban J connectivity index is 2.09. The summed E-state index contributed by atoms with van der Waals surface area (Å²) in [6.45, 7) is 7.47. The number of hydrogen-bond acceptors (Lipinski definition) is 2. The molecule has 1 rings (SSSR count). The molecule has 2 heteroatoms. The minimum Gasteiger partial charge on any atom is -0.494 e. The number of nitrogens with one attached hydrogen (secondary N) is 1. The van der Waals surface area contributed by atoms with Crippen LogP contribution in [0.15, 0.2) is 24.3 Å². The largest absolute Gasteiger partial charge is 0.494 e. The highest BCUT2D eigenvalue weighted by atomic mass is 16.5. The van der Waals surface area contributed by atoms with E-state index in [-0.39, 0.29) is 0 Å². The second-order valence-electron chi connectivity index (χ2n) is 5.05. The number of hydrogen-bond donors (Lipinski definition) is 1. The fraction of sp³-hybridized carbons (Fsp3) is 0.647. The summed E-state index contributed by atoms with van der Waals surface area (Å²) in [5, 5.41) is 3.41. The van der Waals surface area contributed by atoms with Gasteiger partial charge in [-0.3, -0.25) is 0 Å². The second-order valence-corrected chi connectivity index (χ2v) is 5.05. The molecule has 0 aliphatic heterocycles. The van der Waals surface area contributed by atoms with E-state index in [0.717, 1.165) is 31.9 Å². The Morgan fingerprint density at radius 3 is 2.37 bits per heavy atom. The Morgan fingerprint density at radius 2 is 1.68 bits per heavy atom. The summed E-state index contributed by atoms with van der Waals surface area (Å²) < 4.78 is 5.74. The maximum atomic E-state index is 5.74. The Kier molecular flexibility index (Phi) is 9.17. The Labute approximate surface area is 118 Å². The van der Waals surface area contributed by atoms with Gasteiger partial charge in [0, 0.05) is 0 Å². The van der Waals surface area contributed by atoms with E-state index < -0.39 is 0 Å². The highest BCUT2D eigenvalue weighted by molar-refractivity contribution is 5.27. The maximum absolute atomic E-state index is 5.74. The van der Waals surface area contributed by atoms with Crippen molar-refractivity contribution >= 4 is 0 Å². The lowest BCUT2D eigenvalue weighted by Gasteiger charge is -2.07. The monoisotopic (exact) mass is 263 g/mol. The van der Waals surface area contributed by atoms with Gasteiger partial charge in [-0.25, -0.2) is 0 Å². The molecule has 0 aliphatic carbocycles. The van der Waals surface area contributed by atoms with Gasteiger partial charge >= 0.3 is 0 Å². The third-order valence-electron chi connectivity index (χ3n) is 3.19. The molecule has 2 nitrogen and oxygen atoms in total. The third-order valence-corrected chi connectivity index (χ3v) is 3.19. The minimum absolute atomic E-state index is 0.822. The summed E-state index contributed by atoms with van der Waals surface area (Å²) in [5.41, 5.74) is 1.41. The van der Waals surface area contributed by atoms with Crippen LogP contribution in [-0.2, 0) is 6.42 Å². The summed E-state index contributed by atoms with van der Waals surface area (Å²) in [4.78, 5) is 0. The topological polar surface area (TPSA) is 21.3 Å². The zero-order valence-electron chi connectivity index (χ0n) is 12.6. The van der Waals surface area contributed by atoms with E-state index >= 15 is 0 Å². The van der Waals surface area contributed by atoms with Gasteiger partial charge in [0.25, 0.3) is 0 Å². The fourth-order valence-corrected chi connectivity index (χ4v) is 1.98. The van der Waals surface area contributed by atoms with E-state index in [0.29, 0.717) is 0 Å². The Morgan fingerprint density at radius 1 is 0.895 bits per heavy atom. The second kappa shape index (κ2) is 10.9. The van der Waals surface area contributed by atoms with Gasteiger partial charge in [-0.2, -0.15) is 0 Å². The summed E-state index contributed by atoms with van der Waals surface area (Å²) >= 11 is 0. The molecular formula is C17H29NO. The molecule has 108 valence electrons. The first-order valence-electron chi connectivity index (χ1n) is 7.79. The van der Waals surface area contributed by atoms with Crippen molar-refractivity contribution in [2.75, 3.05) is 19.7 Å². The molecule has 0 aliphatic rings. The van der Waals surface area contributed by atoms with Crippen LogP contribution in [0.5, 0.6) is 5.75 Å². The molecule has 1 aromatic carbocycles. The predicted octanol–water partition coefficient (Wildman–Crippen LogP) is 4.19. The van der Waals surface area contributed by atoms with Crippen molar-refractivity contribution < 1.29 is 4.74 Å². The van der Waals surface area contributed by atoms with Crippen LogP contribution in [0.25, 0.3) is 0 Å². The third kappa shape index (κ3) is 7.89. The van der Waals surface area contributed by atoms with Gasteiger partial charge in [-0.05, 0) is 62.9 Å². The average Bonchev–Trinajstić information content (AvgIpc) is 2.45. The predicted molar refractivity (Wildman–Crippen MR) is 82.9 cm³/mol. The van der Waals surface area contributed by atoms with Crippen LogP contribution in [-0.4, -0.2) is 19.7 Å². The van der Waals surface area contributed by atoms with Crippen LogP contribution in [0, 0.1) is 0 Å². The normalized spacial score (nSPS) is 10.6. The van der Waals surface area contributed by atoms with Crippen LogP contribution >= 0.6 is 0 Å². The van der Waals surface area contributed by atoms with Crippen LogP contribution in [0.2, 0.25) is 0 Å². The molecule has 0 saturated heterocycles. The van der Waals surface area contributed by atoms with E-state index in [2.05, 4.69) is 43.4 Å². The van der Waals surface area contributed by atoms with Gasteiger partial charge in [0.2, 0.25) is 0 Å². The first kappa shape index (κ1) is 16.0. The zero-order chi connectivity index (χ0) is 13.8. The fourth-order valence-electron chi connectivity index (χ4n) is 1.98. The summed E-state index contributed by atoms with van der Waals surface area (Å²) in [6, 6.07) is 8.57. The van der Waals surface area contributed by atoms with Crippen LogP contribution in [0.3, 0.4) is 0 Å². The molecule has 0 radical (unpaired) electrons. The van der Waals surface area contributed by atoms with Crippen molar-refractivity contribution in [3.05, 3.63) is 29.8 Å². The molecule has 1 aromatic rings. The molecule has 1 N–H and O–H groups in total. The van der Waals surface area contributed by atoms with Gasteiger partial charge < -0.3 is 10.1 Å². The smallest absolute Gasteiger partial charge is 0.119 e. The van der Waals surface area contributed by atoms with Crippen molar-refractivity contribution in [2.24, 2.45) is 0 Å². The van der Waals surface area contributed by atoms with Crippen LogP contribution in [0.1, 0.15) is 51.5 Å². The quantitative estimate of drug-likeness (QED) is 0.604. The lowest BCUT2D eigenvalue weighted by atomic mass is 10.1. The highest BCUT2D eigenvalue weighted by Crippen LogP contribution is 2.14. The van der Waals surface area contributed by atoms with Crippen LogP contribution < -0.4 is 10.1 Å². The number of unbranched alkanes of at least 4 members (excludes halogenated alkanes) is 2. The number of rotatable bonds is 11. The maximum Gasteiger partial charge on any atom is 0.119 e. The lowest BCUT2D eigenvalue weighted by Crippen LogP contribution is -2.16. The molecule has 0 unspecified atom stereocenters. The molecule has 0 fully saturated rings. The van der Waals surface area contributed by atoms with E-state index in [1.165, 1.54) is 37.7 Å². The van der Waals surface area contributed by atoms with Gasteiger partial charge in [-0.1, -0.05) is 32.4 Å².